The highest BCUT2D eigenvalue weighted by Gasteiger charge is 2.40. The van der Waals surface area contributed by atoms with Gasteiger partial charge in [-0.2, -0.15) is 0 Å². The van der Waals surface area contributed by atoms with Crippen molar-refractivity contribution in [3.63, 3.8) is 0 Å². The van der Waals surface area contributed by atoms with Gasteiger partial charge in [0.2, 0.25) is 17.8 Å². The van der Waals surface area contributed by atoms with Crippen LogP contribution in [-0.2, 0) is 4.74 Å². The summed E-state index contributed by atoms with van der Waals surface area (Å²) in [5.41, 5.74) is 0.222. The maximum Gasteiger partial charge on any atom is 0.402 e. The Hall–Kier alpha value is -3.22. The van der Waals surface area contributed by atoms with Gasteiger partial charge in [0.25, 0.3) is 0 Å². The van der Waals surface area contributed by atoms with Gasteiger partial charge in [-0.25, -0.2) is 4.42 Å². The first-order valence-electron chi connectivity index (χ1n) is 9.45. The predicted octanol–water partition coefficient (Wildman–Crippen LogP) is -1.97. The average Bonchev–Trinajstić information content (AvgIpc) is 2.75. The molecule has 178 valence electrons. The second kappa shape index (κ2) is 9.33. The molecule has 3 aromatic rings. The van der Waals surface area contributed by atoms with Crippen molar-refractivity contribution in [3.8, 4) is 45.8 Å². The van der Waals surface area contributed by atoms with E-state index < -0.39 is 36.1 Å². The lowest BCUT2D eigenvalue weighted by molar-refractivity contribution is -0.242. The Bertz CT molecular complexity index is 1170. The largest absolute Gasteiger partial charge is 1.00 e. The number of rotatable bonds is 4. The van der Waals surface area contributed by atoms with Gasteiger partial charge in [-0.3, -0.25) is 0 Å². The van der Waals surface area contributed by atoms with E-state index in [1.807, 2.05) is 0 Å². The van der Waals surface area contributed by atoms with E-state index >= 15 is 0 Å². The molecule has 1 fully saturated rings. The van der Waals surface area contributed by atoms with E-state index in [4.69, 9.17) is 18.6 Å². The van der Waals surface area contributed by atoms with Crippen LogP contribution in [0.4, 0.5) is 0 Å². The standard InChI is InChI=1S/C21H20O11.ClH/c1-29-15-3-8(2-12(24)17(15)26)20-16(32-21-19(28)18(27)13(25)7-30-21)6-10-11(23)4-9(22)5-14(10)31-20;/h2-6,13,18-19,21,25,27-28H,7H2,1H3,(H3-,22,23,24,26);1H. The normalized spacial score (nSPS) is 22.5. The molecule has 1 saturated heterocycles. The van der Waals surface area contributed by atoms with Gasteiger partial charge < -0.3 is 62.4 Å². The summed E-state index contributed by atoms with van der Waals surface area (Å²) in [5, 5.41) is 70.0. The van der Waals surface area contributed by atoms with E-state index in [-0.39, 0.29) is 64.3 Å². The van der Waals surface area contributed by atoms with Crippen LogP contribution in [0.3, 0.4) is 0 Å². The molecule has 0 radical (unpaired) electrons. The monoisotopic (exact) mass is 484 g/mol. The molecule has 4 atom stereocenters. The number of phenolic OH excluding ortho intramolecular Hbond substituents is 4. The third-order valence-corrected chi connectivity index (χ3v) is 5.05. The van der Waals surface area contributed by atoms with Gasteiger partial charge in [0.1, 0.15) is 35.2 Å². The molecule has 4 unspecified atom stereocenters. The van der Waals surface area contributed by atoms with Crippen LogP contribution in [0.25, 0.3) is 22.3 Å². The van der Waals surface area contributed by atoms with Gasteiger partial charge in [0.05, 0.1) is 25.3 Å². The highest BCUT2D eigenvalue weighted by atomic mass is 35.5. The van der Waals surface area contributed by atoms with Gasteiger partial charge in [0, 0.05) is 24.3 Å². The molecule has 12 heteroatoms. The van der Waals surface area contributed by atoms with Gasteiger partial charge in [0.15, 0.2) is 11.5 Å². The van der Waals surface area contributed by atoms with E-state index in [0.29, 0.717) is 0 Å². The Balaban J connectivity index is 0.00000306. The predicted molar refractivity (Wildman–Crippen MR) is 108 cm³/mol. The average molecular weight is 485 g/mol. The minimum Gasteiger partial charge on any atom is -1.00 e. The maximum atomic E-state index is 10.2. The van der Waals surface area contributed by atoms with Crippen LogP contribution in [0.15, 0.2) is 34.7 Å². The number of hydrogen-bond acceptors (Lipinski definition) is 10. The fourth-order valence-corrected chi connectivity index (χ4v) is 3.36. The summed E-state index contributed by atoms with van der Waals surface area (Å²) in [4.78, 5) is 0. The molecule has 2 heterocycles. The van der Waals surface area contributed by atoms with Crippen LogP contribution in [0.1, 0.15) is 0 Å². The Labute approximate surface area is 192 Å². The zero-order valence-electron chi connectivity index (χ0n) is 17.0. The molecule has 33 heavy (non-hydrogen) atoms. The third-order valence-electron chi connectivity index (χ3n) is 5.05. The molecule has 4 rings (SSSR count). The molecule has 0 bridgehead atoms. The summed E-state index contributed by atoms with van der Waals surface area (Å²) < 4.78 is 21.9. The number of benzene rings is 2. The Morgan fingerprint density at radius 1 is 0.909 bits per heavy atom. The summed E-state index contributed by atoms with van der Waals surface area (Å²) in [5.74, 6) is -1.83. The van der Waals surface area contributed by atoms with Crippen molar-refractivity contribution in [1.29, 1.82) is 0 Å². The molecule has 0 spiro atoms. The van der Waals surface area contributed by atoms with Gasteiger partial charge in [-0.1, -0.05) is 0 Å². The third kappa shape index (κ3) is 4.49. The van der Waals surface area contributed by atoms with Gasteiger partial charge in [-0.05, 0) is 0 Å². The molecule has 11 nitrogen and oxygen atoms in total. The summed E-state index contributed by atoms with van der Waals surface area (Å²) in [6, 6.07) is 6.17. The highest BCUT2D eigenvalue weighted by Crippen LogP contribution is 2.45. The van der Waals surface area contributed by atoms with Crippen molar-refractivity contribution in [2.45, 2.75) is 24.6 Å². The lowest BCUT2D eigenvalue weighted by Gasteiger charge is -2.34. The second-order valence-corrected chi connectivity index (χ2v) is 7.23. The topological polar surface area (TPSA) is 181 Å². The van der Waals surface area contributed by atoms with E-state index in [1.54, 1.807) is 0 Å². The first kappa shape index (κ1) is 24.4. The van der Waals surface area contributed by atoms with Crippen molar-refractivity contribution in [2.24, 2.45) is 0 Å². The number of aliphatic hydroxyl groups is 3. The van der Waals surface area contributed by atoms with Gasteiger partial charge >= 0.3 is 11.3 Å². The fourth-order valence-electron chi connectivity index (χ4n) is 3.36. The van der Waals surface area contributed by atoms with E-state index in [2.05, 4.69) is 0 Å². The smallest absolute Gasteiger partial charge is 0.402 e. The Morgan fingerprint density at radius 2 is 1.64 bits per heavy atom. The number of aliphatic hydroxyl groups excluding tert-OH is 3. The zero-order valence-corrected chi connectivity index (χ0v) is 17.8. The van der Waals surface area contributed by atoms with Crippen LogP contribution in [-0.4, -0.2) is 74.1 Å². The lowest BCUT2D eigenvalue weighted by Crippen LogP contribution is -3.00. The van der Waals surface area contributed by atoms with E-state index in [0.717, 1.165) is 12.1 Å². The number of phenols is 4. The van der Waals surface area contributed by atoms with Crippen LogP contribution in [0.2, 0.25) is 0 Å². The number of halogens is 1. The van der Waals surface area contributed by atoms with Crippen molar-refractivity contribution < 1.29 is 66.8 Å². The Morgan fingerprint density at radius 3 is 2.33 bits per heavy atom. The first-order chi connectivity index (χ1) is 15.2. The van der Waals surface area contributed by atoms with Crippen LogP contribution in [0, 0.1) is 0 Å². The molecule has 0 aliphatic carbocycles. The second-order valence-electron chi connectivity index (χ2n) is 7.23. The number of aromatic hydroxyl groups is 4. The van der Waals surface area contributed by atoms with Crippen molar-refractivity contribution in [2.75, 3.05) is 13.7 Å². The minimum absolute atomic E-state index is 0. The number of hydrogen-bond donors (Lipinski definition) is 7. The lowest BCUT2D eigenvalue weighted by atomic mass is 10.1. The molecule has 0 amide bonds. The summed E-state index contributed by atoms with van der Waals surface area (Å²) in [6.45, 7) is -0.310. The van der Waals surface area contributed by atoms with Crippen molar-refractivity contribution >= 4 is 11.0 Å². The zero-order chi connectivity index (χ0) is 23.2. The summed E-state index contributed by atoms with van der Waals surface area (Å²) in [6.07, 6.45) is -5.86. The van der Waals surface area contributed by atoms with Crippen molar-refractivity contribution in [1.82, 2.24) is 0 Å². The molecule has 2 aromatic carbocycles. The molecule has 1 aromatic heterocycles. The van der Waals surface area contributed by atoms with E-state index in [9.17, 15) is 35.7 Å². The maximum absolute atomic E-state index is 10.2. The van der Waals surface area contributed by atoms with Crippen molar-refractivity contribution in [3.05, 3.63) is 30.3 Å². The molecular formula is C21H21ClO11. The van der Waals surface area contributed by atoms with Crippen LogP contribution < -0.4 is 21.9 Å². The molecule has 1 aliphatic rings. The van der Waals surface area contributed by atoms with Crippen LogP contribution in [0.5, 0.6) is 34.5 Å². The summed E-state index contributed by atoms with van der Waals surface area (Å²) >= 11 is 0. The van der Waals surface area contributed by atoms with Crippen LogP contribution >= 0.6 is 0 Å². The van der Waals surface area contributed by atoms with E-state index in [1.165, 1.54) is 25.3 Å². The molecule has 0 saturated carbocycles. The molecule has 1 aliphatic heterocycles. The summed E-state index contributed by atoms with van der Waals surface area (Å²) in [7, 11) is 1.28. The number of fused-ring (bicyclic) bond motifs is 1. The van der Waals surface area contributed by atoms with Gasteiger partial charge in [-0.15, -0.1) is 0 Å². The first-order valence-corrected chi connectivity index (χ1v) is 9.45. The SMILES string of the molecule is COc1cc(-c2[o+]c3cc(O)cc(O)c3cc2OC2OCC(O)C(O)C2O)cc(O)c1O.[Cl-]. The molecule has 7 N–H and O–H groups in total. The quantitative estimate of drug-likeness (QED) is 0.161. The minimum atomic E-state index is -1.61. The highest BCUT2D eigenvalue weighted by molar-refractivity contribution is 5.88. The molecular weight excluding hydrogens is 464 g/mol. The Kier molecular flexibility index (Phi) is 6.91. The number of ether oxygens (including phenoxy) is 3. The fraction of sp³-hybridized carbons (Fsp3) is 0.286. The number of methoxy groups -OCH3 is 1.